The Morgan fingerprint density at radius 3 is 2.50 bits per heavy atom. The highest BCUT2D eigenvalue weighted by atomic mass is 19.3. The highest BCUT2D eigenvalue weighted by Gasteiger charge is 2.61. The maximum absolute atomic E-state index is 13.9. The summed E-state index contributed by atoms with van der Waals surface area (Å²) in [4.78, 5) is 12.4. The number of carbonyl (C=O) groups is 1. The van der Waals surface area contributed by atoms with Gasteiger partial charge in [-0.2, -0.15) is 0 Å². The summed E-state index contributed by atoms with van der Waals surface area (Å²) in [5.74, 6) is 0. The summed E-state index contributed by atoms with van der Waals surface area (Å²) in [5.41, 5.74) is -2.64. The molecule has 0 aromatic rings. The van der Waals surface area contributed by atoms with Crippen LogP contribution in [0.1, 0.15) is 46.5 Å². The molecule has 7 heteroatoms. The van der Waals surface area contributed by atoms with Crippen LogP contribution in [0, 0.1) is 5.41 Å². The molecule has 0 aromatic heterocycles. The van der Waals surface area contributed by atoms with Gasteiger partial charge in [0.15, 0.2) is 6.29 Å². The summed E-state index contributed by atoms with van der Waals surface area (Å²) in [6.07, 6.45) is -2.43. The van der Waals surface area contributed by atoms with Crippen molar-refractivity contribution in [2.45, 2.75) is 70.8 Å². The molecule has 0 spiro atoms. The second kappa shape index (κ2) is 6.28. The van der Waals surface area contributed by atoms with Gasteiger partial charge in [0.25, 0.3) is 6.43 Å². The Labute approximate surface area is 129 Å². The number of alkyl halides is 2. The lowest BCUT2D eigenvalue weighted by atomic mass is 9.71. The number of halogens is 2. The Balaban J connectivity index is 2.19. The number of likely N-dealkylation sites (tertiary alicyclic amines) is 1. The van der Waals surface area contributed by atoms with E-state index in [1.807, 2.05) is 0 Å². The topological polar surface area (TPSA) is 59.0 Å². The highest BCUT2D eigenvalue weighted by Crippen LogP contribution is 2.48. The fraction of sp³-hybridized carbons (Fsp3) is 0.933. The Kier molecular flexibility index (Phi) is 4.96. The van der Waals surface area contributed by atoms with Crippen molar-refractivity contribution in [3.05, 3.63) is 0 Å². The first-order chi connectivity index (χ1) is 10.2. The van der Waals surface area contributed by atoms with Crippen molar-refractivity contribution in [2.24, 2.45) is 5.41 Å². The Morgan fingerprint density at radius 1 is 1.41 bits per heavy atom. The third-order valence-electron chi connectivity index (χ3n) is 4.78. The lowest BCUT2D eigenvalue weighted by Crippen LogP contribution is -2.60. The van der Waals surface area contributed by atoms with Crippen molar-refractivity contribution in [3.63, 3.8) is 0 Å². The van der Waals surface area contributed by atoms with Crippen LogP contribution in [0.25, 0.3) is 0 Å². The average molecular weight is 321 g/mol. The predicted molar refractivity (Wildman–Crippen MR) is 76.0 cm³/mol. The first-order valence-corrected chi connectivity index (χ1v) is 7.74. The Bertz CT molecular complexity index is 407. The zero-order valence-corrected chi connectivity index (χ0v) is 13.3. The van der Waals surface area contributed by atoms with Gasteiger partial charge in [0, 0.05) is 13.0 Å². The number of ether oxygens (including phenoxy) is 2. The molecule has 1 amide bonds. The molecule has 2 fully saturated rings. The first-order valence-electron chi connectivity index (χ1n) is 7.74. The summed E-state index contributed by atoms with van der Waals surface area (Å²) < 4.78 is 39.0. The van der Waals surface area contributed by atoms with Crippen molar-refractivity contribution in [3.8, 4) is 0 Å². The van der Waals surface area contributed by atoms with Crippen LogP contribution in [0.3, 0.4) is 0 Å². The van der Waals surface area contributed by atoms with Crippen LogP contribution in [-0.2, 0) is 9.47 Å². The molecule has 2 aliphatic heterocycles. The van der Waals surface area contributed by atoms with E-state index in [4.69, 9.17) is 9.47 Å². The zero-order valence-electron chi connectivity index (χ0n) is 13.3. The van der Waals surface area contributed by atoms with Crippen molar-refractivity contribution >= 4 is 6.09 Å². The van der Waals surface area contributed by atoms with E-state index in [1.54, 1.807) is 20.8 Å². The van der Waals surface area contributed by atoms with Crippen LogP contribution in [-0.4, -0.2) is 53.6 Å². The third-order valence-corrected chi connectivity index (χ3v) is 4.78. The van der Waals surface area contributed by atoms with Crippen molar-refractivity contribution in [2.75, 3.05) is 13.2 Å². The van der Waals surface area contributed by atoms with E-state index in [1.165, 1.54) is 0 Å². The van der Waals surface area contributed by atoms with E-state index in [0.717, 1.165) is 24.2 Å². The van der Waals surface area contributed by atoms with E-state index in [9.17, 15) is 18.7 Å². The largest absolute Gasteiger partial charge is 0.465 e. The van der Waals surface area contributed by atoms with Crippen molar-refractivity contribution in [1.29, 1.82) is 0 Å². The molecule has 0 saturated carbocycles. The van der Waals surface area contributed by atoms with Crippen LogP contribution in [0.15, 0.2) is 0 Å². The minimum atomic E-state index is -2.77. The fourth-order valence-corrected chi connectivity index (χ4v) is 3.51. The molecule has 0 aliphatic carbocycles. The summed E-state index contributed by atoms with van der Waals surface area (Å²) >= 11 is 0. The van der Waals surface area contributed by atoms with Gasteiger partial charge >= 0.3 is 6.09 Å². The summed E-state index contributed by atoms with van der Waals surface area (Å²) in [6.45, 7) is 5.49. The second-order valence-corrected chi connectivity index (χ2v) is 7.13. The van der Waals surface area contributed by atoms with Gasteiger partial charge in [-0.25, -0.2) is 13.6 Å². The molecule has 5 nitrogen and oxygen atoms in total. The van der Waals surface area contributed by atoms with E-state index in [-0.39, 0.29) is 13.0 Å². The number of carboxylic acid groups (broad SMARTS) is 1. The molecule has 0 bridgehead atoms. The zero-order chi connectivity index (χ0) is 16.5. The number of rotatable bonds is 3. The molecular formula is C15H25F2NO4. The van der Waals surface area contributed by atoms with E-state index < -0.39 is 35.9 Å². The average Bonchev–Trinajstić information content (AvgIpc) is 2.80. The van der Waals surface area contributed by atoms with Crippen molar-refractivity contribution in [1.82, 2.24) is 4.90 Å². The molecular weight excluding hydrogens is 296 g/mol. The smallest absolute Gasteiger partial charge is 0.408 e. The lowest BCUT2D eigenvalue weighted by Gasteiger charge is -2.46. The molecule has 3 atom stereocenters. The minimum Gasteiger partial charge on any atom is -0.465 e. The predicted octanol–water partition coefficient (Wildman–Crippen LogP) is 3.33. The van der Waals surface area contributed by atoms with Gasteiger partial charge in [-0.15, -0.1) is 0 Å². The lowest BCUT2D eigenvalue weighted by molar-refractivity contribution is -0.186. The molecule has 2 heterocycles. The Hall–Kier alpha value is -0.950. The van der Waals surface area contributed by atoms with E-state index in [2.05, 4.69) is 0 Å². The molecule has 1 unspecified atom stereocenters. The van der Waals surface area contributed by atoms with Gasteiger partial charge in [-0.1, -0.05) is 20.8 Å². The third kappa shape index (κ3) is 3.06. The Morgan fingerprint density at radius 2 is 2.09 bits per heavy atom. The van der Waals surface area contributed by atoms with Gasteiger partial charge in [0.2, 0.25) is 0 Å². The van der Waals surface area contributed by atoms with Gasteiger partial charge in [0.1, 0.15) is 5.54 Å². The molecule has 0 aromatic carbocycles. The summed E-state index contributed by atoms with van der Waals surface area (Å²) in [6, 6.07) is 0. The van der Waals surface area contributed by atoms with Crippen LogP contribution in [0.5, 0.6) is 0 Å². The molecule has 22 heavy (non-hydrogen) atoms. The molecule has 2 saturated heterocycles. The van der Waals surface area contributed by atoms with Crippen LogP contribution < -0.4 is 0 Å². The number of amides is 1. The number of nitrogens with zero attached hydrogens (tertiary/aromatic N) is 1. The van der Waals surface area contributed by atoms with Gasteiger partial charge in [0.05, 0.1) is 12.6 Å². The highest BCUT2D eigenvalue weighted by molar-refractivity contribution is 5.67. The number of hydrogen-bond donors (Lipinski definition) is 1. The van der Waals surface area contributed by atoms with Crippen LogP contribution in [0.2, 0.25) is 0 Å². The SMILES string of the molecule is CC(C)(C)[C@]1(C(F)F)C[C@H](OC2CCCCO2)CN1C(=O)O. The summed E-state index contributed by atoms with van der Waals surface area (Å²) in [7, 11) is 0. The van der Waals surface area contributed by atoms with Gasteiger partial charge < -0.3 is 14.6 Å². The molecule has 1 N–H and O–H groups in total. The number of hydrogen-bond acceptors (Lipinski definition) is 3. The van der Waals surface area contributed by atoms with E-state index >= 15 is 0 Å². The molecule has 2 aliphatic rings. The van der Waals surface area contributed by atoms with Gasteiger partial charge in [-0.3, -0.25) is 4.90 Å². The molecule has 0 radical (unpaired) electrons. The normalized spacial score (nSPS) is 33.5. The maximum atomic E-state index is 13.9. The summed E-state index contributed by atoms with van der Waals surface area (Å²) in [5, 5.41) is 9.39. The van der Waals surface area contributed by atoms with Gasteiger partial charge in [-0.05, 0) is 24.7 Å². The van der Waals surface area contributed by atoms with Crippen LogP contribution >= 0.6 is 0 Å². The fourth-order valence-electron chi connectivity index (χ4n) is 3.51. The maximum Gasteiger partial charge on any atom is 0.408 e. The standard InChI is InChI=1S/C15H25F2NO4/c1-14(2,3)15(12(16)17)8-10(9-18(15)13(19)20)22-11-6-4-5-7-21-11/h10-12H,4-9H2,1-3H3,(H,19,20)/t10-,11?,15+/m0/s1. The van der Waals surface area contributed by atoms with E-state index in [0.29, 0.717) is 6.61 Å². The first kappa shape index (κ1) is 17.4. The molecule has 128 valence electrons. The quantitative estimate of drug-likeness (QED) is 0.866. The second-order valence-electron chi connectivity index (χ2n) is 7.13. The minimum absolute atomic E-state index is 0.0136. The monoisotopic (exact) mass is 321 g/mol. The van der Waals surface area contributed by atoms with Crippen molar-refractivity contribution < 1.29 is 28.2 Å². The molecule has 2 rings (SSSR count). The van der Waals surface area contributed by atoms with Crippen LogP contribution in [0.4, 0.5) is 13.6 Å².